The number of nitrogens with zero attached hydrogens (tertiary/aromatic N) is 2. The molecule has 0 fully saturated rings. The van der Waals surface area contributed by atoms with Crippen LogP contribution in [0.1, 0.15) is 23.7 Å². The lowest BCUT2D eigenvalue weighted by Crippen LogP contribution is -2.05. The summed E-state index contributed by atoms with van der Waals surface area (Å²) in [6, 6.07) is 18.7. The van der Waals surface area contributed by atoms with Gasteiger partial charge in [0, 0.05) is 18.3 Å². The van der Waals surface area contributed by atoms with Crippen LogP contribution >= 0.6 is 0 Å². The van der Waals surface area contributed by atoms with Gasteiger partial charge in [0.05, 0.1) is 17.6 Å². The summed E-state index contributed by atoms with van der Waals surface area (Å²) in [5, 5.41) is 0. The van der Waals surface area contributed by atoms with Crippen molar-refractivity contribution in [3.05, 3.63) is 78.4 Å². The van der Waals surface area contributed by atoms with E-state index in [-0.39, 0.29) is 0 Å². The maximum Gasteiger partial charge on any atom is 0.122 e. The molecule has 0 amide bonds. The van der Waals surface area contributed by atoms with Crippen LogP contribution in [0.2, 0.25) is 0 Å². The Labute approximate surface area is 151 Å². The van der Waals surface area contributed by atoms with Crippen LogP contribution < -0.4 is 4.74 Å². The van der Waals surface area contributed by atoms with Gasteiger partial charge in [-0.3, -0.25) is 4.98 Å². The number of hydrogen-bond acceptors (Lipinski definition) is 3. The Hall–Kier alpha value is -3.14. The normalized spacial score (nSPS) is 16.7. The van der Waals surface area contributed by atoms with E-state index >= 15 is 0 Å². The van der Waals surface area contributed by atoms with E-state index in [0.717, 1.165) is 47.6 Å². The van der Waals surface area contributed by atoms with Crippen molar-refractivity contribution in [2.24, 2.45) is 0 Å². The Morgan fingerprint density at radius 2 is 1.85 bits per heavy atom. The number of fused-ring (bicyclic) bond motifs is 2. The number of rotatable bonds is 2. The van der Waals surface area contributed by atoms with E-state index in [1.165, 1.54) is 11.1 Å². The zero-order valence-corrected chi connectivity index (χ0v) is 14.4. The third-order valence-corrected chi connectivity index (χ3v) is 5.06. The average molecular weight is 341 g/mol. The highest BCUT2D eigenvalue weighted by Gasteiger charge is 2.21. The molecule has 26 heavy (non-hydrogen) atoms. The second-order valence-corrected chi connectivity index (χ2v) is 6.74. The van der Waals surface area contributed by atoms with E-state index in [4.69, 9.17) is 9.72 Å². The topological polar surface area (TPSA) is 50.8 Å². The van der Waals surface area contributed by atoms with Gasteiger partial charge in [-0.15, -0.1) is 0 Å². The molecule has 0 radical (unpaired) electrons. The third-order valence-electron chi connectivity index (χ3n) is 5.06. The summed E-state index contributed by atoms with van der Waals surface area (Å²) in [5.41, 5.74) is 5.68. The number of hydrogen-bond donors (Lipinski definition) is 1. The average Bonchev–Trinajstić information content (AvgIpc) is 3.00. The van der Waals surface area contributed by atoms with Gasteiger partial charge < -0.3 is 9.72 Å². The molecule has 0 bridgehead atoms. The summed E-state index contributed by atoms with van der Waals surface area (Å²) in [6.45, 7) is 0.723. The van der Waals surface area contributed by atoms with Crippen molar-refractivity contribution < 1.29 is 4.74 Å². The fraction of sp³-hybridized carbons (Fsp3) is 0.182. The first-order chi connectivity index (χ1) is 12.9. The van der Waals surface area contributed by atoms with Crippen LogP contribution in [0, 0.1) is 0 Å². The Morgan fingerprint density at radius 3 is 2.77 bits per heavy atom. The number of H-pyrrole nitrogens is 1. The van der Waals surface area contributed by atoms with Crippen LogP contribution in [0.15, 0.2) is 67.0 Å². The Kier molecular flexibility index (Phi) is 3.67. The minimum atomic E-state index is 0.343. The van der Waals surface area contributed by atoms with Gasteiger partial charge in [0.15, 0.2) is 0 Å². The van der Waals surface area contributed by atoms with E-state index in [9.17, 15) is 0 Å². The van der Waals surface area contributed by atoms with Crippen molar-refractivity contribution in [2.45, 2.75) is 18.8 Å². The molecule has 128 valence electrons. The van der Waals surface area contributed by atoms with Gasteiger partial charge >= 0.3 is 0 Å². The molecule has 3 heterocycles. The van der Waals surface area contributed by atoms with Crippen LogP contribution in [0.25, 0.3) is 22.2 Å². The van der Waals surface area contributed by atoms with Crippen LogP contribution in [-0.4, -0.2) is 21.6 Å². The zero-order valence-electron chi connectivity index (χ0n) is 14.4. The summed E-state index contributed by atoms with van der Waals surface area (Å²) in [6.07, 6.45) is 5.56. The standard InChI is InChI=1S/C22H19N3O/c1-2-4-21-17(3-1)13-18(9-12-26-21)22-24-19-6-5-16(14-20(19)25-22)15-7-10-23-11-8-15/h1-8,10-11,14,18H,9,12-13H2,(H,24,25). The molecule has 0 spiro atoms. The molecule has 4 nitrogen and oxygen atoms in total. The molecule has 5 rings (SSSR count). The van der Waals surface area contributed by atoms with Crippen LogP contribution in [0.3, 0.4) is 0 Å². The van der Waals surface area contributed by atoms with Gasteiger partial charge in [-0.25, -0.2) is 4.98 Å². The Bertz CT molecular complexity index is 1060. The van der Waals surface area contributed by atoms with Crippen LogP contribution in [-0.2, 0) is 6.42 Å². The fourth-order valence-electron chi connectivity index (χ4n) is 3.67. The minimum absolute atomic E-state index is 0.343. The smallest absolute Gasteiger partial charge is 0.122 e. The zero-order chi connectivity index (χ0) is 17.3. The molecule has 4 heteroatoms. The van der Waals surface area contributed by atoms with Crippen molar-refractivity contribution in [3.63, 3.8) is 0 Å². The predicted octanol–water partition coefficient (Wildman–Crippen LogP) is 4.73. The van der Waals surface area contributed by atoms with E-state index in [2.05, 4.69) is 46.4 Å². The molecule has 1 unspecified atom stereocenters. The van der Waals surface area contributed by atoms with Crippen molar-refractivity contribution in [3.8, 4) is 16.9 Å². The molecule has 1 aliphatic rings. The van der Waals surface area contributed by atoms with Crippen LogP contribution in [0.5, 0.6) is 5.75 Å². The van der Waals surface area contributed by atoms with E-state index < -0.39 is 0 Å². The fourth-order valence-corrected chi connectivity index (χ4v) is 3.67. The molecule has 1 aliphatic heterocycles. The lowest BCUT2D eigenvalue weighted by Gasteiger charge is -2.10. The second kappa shape index (κ2) is 6.30. The number of pyridine rings is 1. The maximum absolute atomic E-state index is 5.90. The minimum Gasteiger partial charge on any atom is -0.493 e. The molecule has 2 aromatic carbocycles. The third kappa shape index (κ3) is 2.73. The molecule has 0 saturated heterocycles. The van der Waals surface area contributed by atoms with Crippen LogP contribution in [0.4, 0.5) is 0 Å². The van der Waals surface area contributed by atoms with Gasteiger partial charge in [-0.05, 0) is 59.9 Å². The number of aromatic amines is 1. The monoisotopic (exact) mass is 341 g/mol. The summed E-state index contributed by atoms with van der Waals surface area (Å²) in [5.74, 6) is 2.40. The van der Waals surface area contributed by atoms with E-state index in [0.29, 0.717) is 5.92 Å². The summed E-state index contributed by atoms with van der Waals surface area (Å²) in [4.78, 5) is 12.5. The first-order valence-corrected chi connectivity index (χ1v) is 8.97. The van der Waals surface area contributed by atoms with Gasteiger partial charge in [-0.1, -0.05) is 24.3 Å². The molecular formula is C22H19N3O. The highest BCUT2D eigenvalue weighted by Crippen LogP contribution is 2.32. The molecule has 1 atom stereocenters. The second-order valence-electron chi connectivity index (χ2n) is 6.74. The Morgan fingerprint density at radius 1 is 0.962 bits per heavy atom. The summed E-state index contributed by atoms with van der Waals surface area (Å²) < 4.78 is 5.90. The van der Waals surface area contributed by atoms with Crippen molar-refractivity contribution in [2.75, 3.05) is 6.61 Å². The number of imidazole rings is 1. The predicted molar refractivity (Wildman–Crippen MR) is 102 cm³/mol. The van der Waals surface area contributed by atoms with E-state index in [1.54, 1.807) is 0 Å². The number of ether oxygens (including phenoxy) is 1. The molecule has 4 aromatic rings. The highest BCUT2D eigenvalue weighted by molar-refractivity contribution is 5.82. The highest BCUT2D eigenvalue weighted by atomic mass is 16.5. The van der Waals surface area contributed by atoms with Crippen molar-refractivity contribution >= 4 is 11.0 Å². The lowest BCUT2D eigenvalue weighted by atomic mass is 9.96. The first-order valence-electron chi connectivity index (χ1n) is 8.97. The van der Waals surface area contributed by atoms with Gasteiger partial charge in [0.25, 0.3) is 0 Å². The van der Waals surface area contributed by atoms with E-state index in [1.807, 2.05) is 30.6 Å². The van der Waals surface area contributed by atoms with Crippen molar-refractivity contribution in [1.29, 1.82) is 0 Å². The maximum atomic E-state index is 5.90. The number of aromatic nitrogens is 3. The van der Waals surface area contributed by atoms with Gasteiger partial charge in [0.1, 0.15) is 11.6 Å². The van der Waals surface area contributed by atoms with Gasteiger partial charge in [-0.2, -0.15) is 0 Å². The molecular weight excluding hydrogens is 322 g/mol. The summed E-state index contributed by atoms with van der Waals surface area (Å²) >= 11 is 0. The number of benzene rings is 2. The summed E-state index contributed by atoms with van der Waals surface area (Å²) in [7, 11) is 0. The first kappa shape index (κ1) is 15.1. The molecule has 2 aromatic heterocycles. The largest absolute Gasteiger partial charge is 0.493 e. The number of nitrogens with one attached hydrogen (secondary N) is 1. The van der Waals surface area contributed by atoms with Crippen molar-refractivity contribution in [1.82, 2.24) is 15.0 Å². The van der Waals surface area contributed by atoms with Gasteiger partial charge in [0.2, 0.25) is 0 Å². The molecule has 0 aliphatic carbocycles. The quantitative estimate of drug-likeness (QED) is 0.573. The molecule has 0 saturated carbocycles. The lowest BCUT2D eigenvalue weighted by molar-refractivity contribution is 0.308. The number of para-hydroxylation sites is 1. The SMILES string of the molecule is c1ccc2c(c1)CC(c1nc3ccc(-c4ccncc4)cc3[nH]1)CCO2. The Balaban J connectivity index is 1.50. The molecule has 1 N–H and O–H groups in total.